The van der Waals surface area contributed by atoms with Crippen LogP contribution in [0.3, 0.4) is 0 Å². The molecule has 0 N–H and O–H groups in total. The molecule has 0 aromatic rings. The van der Waals surface area contributed by atoms with Crippen LogP contribution in [0.5, 0.6) is 0 Å². The van der Waals surface area contributed by atoms with E-state index in [4.69, 9.17) is 0 Å². The zero-order valence-corrected chi connectivity index (χ0v) is 8.39. The summed E-state index contributed by atoms with van der Waals surface area (Å²) in [5.41, 5.74) is 0. The standard InChI is InChI=1S/Ca.H3P.H2Se.Zn.2H/h;1H3;1H2;;;. The fraction of sp³-hybridized carbons (Fsp3) is 0. The zero-order chi connectivity index (χ0) is 0. The summed E-state index contributed by atoms with van der Waals surface area (Å²) in [4.78, 5) is 0. The first-order valence-corrected chi connectivity index (χ1v) is 0. The minimum atomic E-state index is 0. The summed E-state index contributed by atoms with van der Waals surface area (Å²) in [5.74, 6) is 0. The maximum Gasteiger partial charge on any atom is 0 e. The van der Waals surface area contributed by atoms with Gasteiger partial charge in [-0.3, -0.25) is 0 Å². The van der Waals surface area contributed by atoms with Gasteiger partial charge in [-0.15, -0.1) is 0 Å². The van der Waals surface area contributed by atoms with Crippen molar-refractivity contribution in [3.63, 3.8) is 0 Å². The molecule has 0 radical (unpaired) electrons. The van der Waals surface area contributed by atoms with E-state index in [0.29, 0.717) is 0 Å². The van der Waals surface area contributed by atoms with Crippen LogP contribution in [-0.4, -0.2) is 54.8 Å². The third-order valence-electron chi connectivity index (χ3n) is 0. The number of rotatable bonds is 0. The minimum absolute atomic E-state index is 0. The van der Waals surface area contributed by atoms with E-state index in [0.717, 1.165) is 0 Å². The maximum atomic E-state index is 0. The SMILES string of the molecule is P.[CaH2].[SeH2].[Zn]. The first-order valence-electron chi connectivity index (χ1n) is 0. The Bertz CT molecular complexity index is 8.00. The summed E-state index contributed by atoms with van der Waals surface area (Å²) >= 11 is 0. The third kappa shape index (κ3) is 8.85. The van der Waals surface area contributed by atoms with E-state index in [-0.39, 0.29) is 84.2 Å². The summed E-state index contributed by atoms with van der Waals surface area (Å²) in [6.45, 7) is 0. The monoisotopic (exact) mass is 222 g/mol. The van der Waals surface area contributed by atoms with Crippen LogP contribution in [0, 0.1) is 0 Å². The first-order chi connectivity index (χ1) is 0. The second-order valence-corrected chi connectivity index (χ2v) is 0. The molecule has 0 fully saturated rings. The van der Waals surface area contributed by atoms with Gasteiger partial charge in [0.1, 0.15) is 0 Å². The predicted octanol–water partition coefficient (Wildman–Crippen LogP) is -1.78. The second-order valence-electron chi connectivity index (χ2n) is 0. The molecule has 4 heteroatoms. The molecule has 0 saturated heterocycles. The van der Waals surface area contributed by atoms with Gasteiger partial charge >= 0.3 is 54.8 Å². The fourth-order valence-electron chi connectivity index (χ4n) is 0. The molecule has 0 aliphatic heterocycles. The van der Waals surface area contributed by atoms with Crippen LogP contribution in [-0.2, 0) is 19.5 Å². The normalized spacial score (nSPS) is 0. The molecule has 0 rings (SSSR count). The Morgan fingerprint density at radius 1 is 1.00 bits per heavy atom. The molecule has 0 heterocycles. The molecule has 1 atom stereocenters. The topological polar surface area (TPSA) is 0 Å². The first kappa shape index (κ1) is 29.0. The van der Waals surface area contributed by atoms with Crippen LogP contribution < -0.4 is 0 Å². The average molecular weight is 222 g/mol. The predicted molar refractivity (Wildman–Crippen MR) is 28.2 cm³/mol. The summed E-state index contributed by atoms with van der Waals surface area (Å²) in [6.07, 6.45) is 0. The Kier molecular flexibility index (Phi) is 123. The van der Waals surface area contributed by atoms with Gasteiger partial charge in [0.05, 0.1) is 0 Å². The Hall–Kier alpha value is 2.83. The quantitative estimate of drug-likeness (QED) is 0.336. The Morgan fingerprint density at radius 3 is 1.00 bits per heavy atom. The van der Waals surface area contributed by atoms with Crippen LogP contribution in [0.1, 0.15) is 0 Å². The molecule has 4 heavy (non-hydrogen) atoms. The van der Waals surface area contributed by atoms with Crippen molar-refractivity contribution in [1.29, 1.82) is 0 Å². The van der Waals surface area contributed by atoms with Crippen molar-refractivity contribution in [2.75, 3.05) is 0 Å². The van der Waals surface area contributed by atoms with Crippen LogP contribution >= 0.6 is 9.90 Å². The summed E-state index contributed by atoms with van der Waals surface area (Å²) in [5, 5.41) is 0. The molecule has 0 bridgehead atoms. The Balaban J connectivity index is 0. The van der Waals surface area contributed by atoms with Crippen molar-refractivity contribution in [1.82, 2.24) is 0 Å². The van der Waals surface area contributed by atoms with Crippen LogP contribution in [0.25, 0.3) is 0 Å². The van der Waals surface area contributed by atoms with Gasteiger partial charge in [-0.2, -0.15) is 9.90 Å². The largest absolute Gasteiger partial charge is 0 e. The van der Waals surface area contributed by atoms with Crippen LogP contribution in [0.15, 0.2) is 0 Å². The molecule has 0 aromatic carbocycles. The summed E-state index contributed by atoms with van der Waals surface area (Å²) in [6, 6.07) is 0. The van der Waals surface area contributed by atoms with Gasteiger partial charge < -0.3 is 0 Å². The fourth-order valence-corrected chi connectivity index (χ4v) is 0. The van der Waals surface area contributed by atoms with E-state index in [1.165, 1.54) is 0 Å². The summed E-state index contributed by atoms with van der Waals surface area (Å²) in [7, 11) is 0. The van der Waals surface area contributed by atoms with E-state index >= 15 is 0 Å². The average Bonchev–Trinajstić information content (AvgIpc) is 0. The van der Waals surface area contributed by atoms with Gasteiger partial charge in [-0.05, 0) is 0 Å². The molecular formula is H7CaPSeZn. The van der Waals surface area contributed by atoms with Crippen molar-refractivity contribution < 1.29 is 19.5 Å². The van der Waals surface area contributed by atoms with Crippen LogP contribution in [0.4, 0.5) is 0 Å². The second kappa shape index (κ2) is 17.0. The van der Waals surface area contributed by atoms with Gasteiger partial charge in [0.15, 0.2) is 0 Å². The van der Waals surface area contributed by atoms with Crippen molar-refractivity contribution in [3.8, 4) is 0 Å². The van der Waals surface area contributed by atoms with Gasteiger partial charge in [-0.1, -0.05) is 0 Å². The molecule has 0 aliphatic rings. The van der Waals surface area contributed by atoms with E-state index in [2.05, 4.69) is 0 Å². The molecule has 1 unspecified atom stereocenters. The van der Waals surface area contributed by atoms with E-state index in [9.17, 15) is 0 Å². The van der Waals surface area contributed by atoms with Gasteiger partial charge in [0, 0.05) is 19.5 Å². The molecular weight excluding hydrogens is 215 g/mol. The van der Waals surface area contributed by atoms with E-state index in [1.54, 1.807) is 0 Å². The van der Waals surface area contributed by atoms with Crippen molar-refractivity contribution in [3.05, 3.63) is 0 Å². The van der Waals surface area contributed by atoms with Crippen molar-refractivity contribution in [2.45, 2.75) is 0 Å². The molecule has 0 spiro atoms. The number of hydrogen-bond donors (Lipinski definition) is 0. The Labute approximate surface area is 82.7 Å². The van der Waals surface area contributed by atoms with E-state index in [1.807, 2.05) is 0 Å². The molecule has 0 nitrogen and oxygen atoms in total. The van der Waals surface area contributed by atoms with Gasteiger partial charge in [0.25, 0.3) is 0 Å². The molecule has 0 aliphatic carbocycles. The zero-order valence-electron chi connectivity index (χ0n) is 1.91. The molecule has 0 saturated carbocycles. The number of hydrogen-bond acceptors (Lipinski definition) is 0. The van der Waals surface area contributed by atoms with Gasteiger partial charge in [0.2, 0.25) is 0 Å². The van der Waals surface area contributed by atoms with Crippen molar-refractivity contribution in [2.24, 2.45) is 0 Å². The molecule has 0 aromatic heterocycles. The minimum Gasteiger partial charge on any atom is 0 e. The summed E-state index contributed by atoms with van der Waals surface area (Å²) < 4.78 is 0. The van der Waals surface area contributed by atoms with Gasteiger partial charge in [-0.25, -0.2) is 0 Å². The maximum absolute atomic E-state index is 0. The molecule has 0 amide bonds. The molecule has 22 valence electrons. The van der Waals surface area contributed by atoms with Crippen molar-refractivity contribution >= 4 is 64.7 Å². The Morgan fingerprint density at radius 2 is 1.00 bits per heavy atom. The van der Waals surface area contributed by atoms with E-state index < -0.39 is 0 Å². The smallest absolute Gasteiger partial charge is 0 e. The third-order valence-corrected chi connectivity index (χ3v) is 0. The van der Waals surface area contributed by atoms with Crippen LogP contribution in [0.2, 0.25) is 0 Å².